The van der Waals surface area contributed by atoms with Gasteiger partial charge in [0.1, 0.15) is 0 Å². The van der Waals surface area contributed by atoms with Crippen molar-refractivity contribution < 1.29 is 4.79 Å². The van der Waals surface area contributed by atoms with Gasteiger partial charge in [0.2, 0.25) is 5.91 Å². The lowest BCUT2D eigenvalue weighted by atomic mass is 10.1. The van der Waals surface area contributed by atoms with E-state index in [0.717, 1.165) is 13.1 Å². The maximum atomic E-state index is 11.0. The van der Waals surface area contributed by atoms with E-state index in [0.29, 0.717) is 6.42 Å². The lowest BCUT2D eigenvalue weighted by Crippen LogP contribution is -2.30. The van der Waals surface area contributed by atoms with Crippen LogP contribution >= 0.6 is 0 Å². The third-order valence-corrected chi connectivity index (χ3v) is 2.71. The van der Waals surface area contributed by atoms with Crippen molar-refractivity contribution in [2.75, 3.05) is 6.54 Å². The van der Waals surface area contributed by atoms with Gasteiger partial charge in [-0.25, -0.2) is 0 Å². The van der Waals surface area contributed by atoms with Crippen LogP contribution < -0.4 is 10.6 Å². The molecule has 1 saturated heterocycles. The van der Waals surface area contributed by atoms with E-state index >= 15 is 0 Å². The lowest BCUT2D eigenvalue weighted by Gasteiger charge is -2.11. The normalized spacial score (nSPS) is 20.3. The lowest BCUT2D eigenvalue weighted by molar-refractivity contribution is -0.119. The van der Waals surface area contributed by atoms with Gasteiger partial charge in [0.05, 0.1) is 0 Å². The number of carbonyl (C=O) groups excluding carboxylic acids is 1. The average molecular weight is 205 g/mol. The fraction of sp³-hybridized carbons (Fsp3) is 0.455. The van der Waals surface area contributed by atoms with Gasteiger partial charge in [0.15, 0.2) is 0 Å². The van der Waals surface area contributed by atoms with Crippen molar-refractivity contribution >= 4 is 5.91 Å². The standard InChI is InChI=1S/C11H15N3O/c1-8-2-3-12-5-9(8)6-13-10-4-11(15)14-7-10/h2-3,5,10,13H,4,6-7H2,1H3,(H,14,15). The highest BCUT2D eigenvalue weighted by Crippen LogP contribution is 2.06. The molecular weight excluding hydrogens is 190 g/mol. The van der Waals surface area contributed by atoms with Crippen molar-refractivity contribution in [3.63, 3.8) is 0 Å². The number of carbonyl (C=O) groups is 1. The van der Waals surface area contributed by atoms with Crippen molar-refractivity contribution in [1.82, 2.24) is 15.6 Å². The highest BCUT2D eigenvalue weighted by molar-refractivity contribution is 5.78. The van der Waals surface area contributed by atoms with Crippen molar-refractivity contribution in [1.29, 1.82) is 0 Å². The van der Waals surface area contributed by atoms with E-state index in [4.69, 9.17) is 0 Å². The number of aryl methyl sites for hydroxylation is 1. The fourth-order valence-corrected chi connectivity index (χ4v) is 1.69. The number of hydrogen-bond donors (Lipinski definition) is 2. The molecule has 1 aromatic heterocycles. The van der Waals surface area contributed by atoms with E-state index in [1.165, 1.54) is 11.1 Å². The first-order chi connectivity index (χ1) is 7.25. The highest BCUT2D eigenvalue weighted by Gasteiger charge is 2.20. The van der Waals surface area contributed by atoms with Gasteiger partial charge in [-0.3, -0.25) is 9.78 Å². The first-order valence-electron chi connectivity index (χ1n) is 5.15. The van der Waals surface area contributed by atoms with E-state index < -0.39 is 0 Å². The Balaban J connectivity index is 1.88. The van der Waals surface area contributed by atoms with Crippen LogP contribution in [0.4, 0.5) is 0 Å². The summed E-state index contributed by atoms with van der Waals surface area (Å²) < 4.78 is 0. The number of nitrogens with one attached hydrogen (secondary N) is 2. The SMILES string of the molecule is Cc1ccncc1CNC1CNC(=O)C1. The summed E-state index contributed by atoms with van der Waals surface area (Å²) >= 11 is 0. The molecule has 0 saturated carbocycles. The number of pyridine rings is 1. The second-order valence-electron chi connectivity index (χ2n) is 3.89. The van der Waals surface area contributed by atoms with Crippen molar-refractivity contribution in [3.05, 3.63) is 29.6 Å². The largest absolute Gasteiger partial charge is 0.354 e. The minimum Gasteiger partial charge on any atom is -0.354 e. The van der Waals surface area contributed by atoms with Crippen LogP contribution in [-0.2, 0) is 11.3 Å². The van der Waals surface area contributed by atoms with Gasteiger partial charge in [-0.2, -0.15) is 0 Å². The van der Waals surface area contributed by atoms with Crippen LogP contribution in [0.5, 0.6) is 0 Å². The number of aromatic nitrogens is 1. The van der Waals surface area contributed by atoms with Gasteiger partial charge in [-0.1, -0.05) is 0 Å². The quantitative estimate of drug-likeness (QED) is 0.749. The molecule has 2 N–H and O–H groups in total. The molecule has 80 valence electrons. The molecule has 0 bridgehead atoms. The minimum atomic E-state index is 0.135. The smallest absolute Gasteiger partial charge is 0.221 e. The molecular formula is C11H15N3O. The summed E-state index contributed by atoms with van der Waals surface area (Å²) in [4.78, 5) is 15.1. The van der Waals surface area contributed by atoms with Crippen molar-refractivity contribution in [2.45, 2.75) is 25.9 Å². The van der Waals surface area contributed by atoms with Gasteiger partial charge >= 0.3 is 0 Å². The monoisotopic (exact) mass is 205 g/mol. The molecule has 2 rings (SSSR count). The number of hydrogen-bond acceptors (Lipinski definition) is 3. The molecule has 0 aromatic carbocycles. The summed E-state index contributed by atoms with van der Waals surface area (Å²) in [5.74, 6) is 0.135. The van der Waals surface area contributed by atoms with E-state index in [-0.39, 0.29) is 11.9 Å². The topological polar surface area (TPSA) is 54.0 Å². The van der Waals surface area contributed by atoms with Gasteiger partial charge in [-0.15, -0.1) is 0 Å². The fourth-order valence-electron chi connectivity index (χ4n) is 1.69. The molecule has 15 heavy (non-hydrogen) atoms. The maximum Gasteiger partial charge on any atom is 0.221 e. The molecule has 1 unspecified atom stereocenters. The zero-order valence-electron chi connectivity index (χ0n) is 8.79. The second-order valence-corrected chi connectivity index (χ2v) is 3.89. The zero-order valence-corrected chi connectivity index (χ0v) is 8.79. The Labute approximate surface area is 89.1 Å². The molecule has 0 spiro atoms. The van der Waals surface area contributed by atoms with E-state index in [2.05, 4.69) is 22.5 Å². The number of rotatable bonds is 3. The molecule has 1 aliphatic rings. The summed E-state index contributed by atoms with van der Waals surface area (Å²) in [6.07, 6.45) is 4.24. The Kier molecular flexibility index (Phi) is 2.97. The van der Waals surface area contributed by atoms with Gasteiger partial charge in [0, 0.05) is 37.9 Å². The number of nitrogens with zero attached hydrogens (tertiary/aromatic N) is 1. The average Bonchev–Trinajstić information content (AvgIpc) is 2.63. The summed E-state index contributed by atoms with van der Waals surface area (Å²) in [6, 6.07) is 2.26. The van der Waals surface area contributed by atoms with Crippen LogP contribution in [-0.4, -0.2) is 23.5 Å². The third kappa shape index (κ3) is 2.53. The molecule has 1 amide bonds. The Morgan fingerprint density at radius 1 is 1.67 bits per heavy atom. The molecule has 0 aliphatic carbocycles. The Morgan fingerprint density at radius 3 is 3.20 bits per heavy atom. The first kappa shape index (κ1) is 10.1. The highest BCUT2D eigenvalue weighted by atomic mass is 16.1. The van der Waals surface area contributed by atoms with Gasteiger partial charge < -0.3 is 10.6 Å². The maximum absolute atomic E-state index is 11.0. The van der Waals surface area contributed by atoms with Gasteiger partial charge in [0.25, 0.3) is 0 Å². The molecule has 4 heteroatoms. The second kappa shape index (κ2) is 4.40. The molecule has 4 nitrogen and oxygen atoms in total. The first-order valence-corrected chi connectivity index (χ1v) is 5.15. The minimum absolute atomic E-state index is 0.135. The van der Waals surface area contributed by atoms with E-state index in [9.17, 15) is 4.79 Å². The Morgan fingerprint density at radius 2 is 2.53 bits per heavy atom. The third-order valence-electron chi connectivity index (χ3n) is 2.71. The summed E-state index contributed by atoms with van der Waals surface area (Å²) in [5.41, 5.74) is 2.42. The van der Waals surface area contributed by atoms with Crippen LogP contribution in [0.25, 0.3) is 0 Å². The van der Waals surface area contributed by atoms with Crippen LogP contribution in [0.2, 0.25) is 0 Å². The Bertz CT molecular complexity index is 365. The molecule has 1 aliphatic heterocycles. The number of amides is 1. The summed E-state index contributed by atoms with van der Waals surface area (Å²) in [5, 5.41) is 6.15. The van der Waals surface area contributed by atoms with Crippen LogP contribution in [0.1, 0.15) is 17.5 Å². The molecule has 0 radical (unpaired) electrons. The van der Waals surface area contributed by atoms with Crippen molar-refractivity contribution in [2.24, 2.45) is 0 Å². The van der Waals surface area contributed by atoms with Crippen LogP contribution in [0.15, 0.2) is 18.5 Å². The predicted molar refractivity (Wildman–Crippen MR) is 57.2 cm³/mol. The molecule has 1 fully saturated rings. The van der Waals surface area contributed by atoms with E-state index in [1.807, 2.05) is 12.3 Å². The van der Waals surface area contributed by atoms with E-state index in [1.54, 1.807) is 6.20 Å². The van der Waals surface area contributed by atoms with Gasteiger partial charge in [-0.05, 0) is 24.1 Å². The Hall–Kier alpha value is -1.42. The molecule has 2 heterocycles. The molecule has 1 aromatic rings. The zero-order chi connectivity index (χ0) is 10.7. The summed E-state index contributed by atoms with van der Waals surface area (Å²) in [6.45, 7) is 3.58. The summed E-state index contributed by atoms with van der Waals surface area (Å²) in [7, 11) is 0. The van der Waals surface area contributed by atoms with Crippen molar-refractivity contribution in [3.8, 4) is 0 Å². The molecule has 1 atom stereocenters. The van der Waals surface area contributed by atoms with Crippen LogP contribution in [0, 0.1) is 6.92 Å². The predicted octanol–water partition coefficient (Wildman–Crippen LogP) is 0.368. The van der Waals surface area contributed by atoms with Crippen LogP contribution in [0.3, 0.4) is 0 Å².